The molecule has 0 heterocycles. The van der Waals surface area contributed by atoms with Crippen LogP contribution in [0.15, 0.2) is 0 Å². The number of hydrogen-bond acceptors (Lipinski definition) is 15. The second-order valence-electron chi connectivity index (χ2n) is 27.5. The third-order valence-corrected chi connectivity index (χ3v) is 19.1. The van der Waals surface area contributed by atoms with Crippen molar-refractivity contribution in [3.63, 3.8) is 0 Å². The summed E-state index contributed by atoms with van der Waals surface area (Å²) in [7, 11) is -9.90. The summed E-state index contributed by atoms with van der Waals surface area (Å²) in [6.45, 7) is 11.8. The van der Waals surface area contributed by atoms with Gasteiger partial charge in [0.1, 0.15) is 19.3 Å². The van der Waals surface area contributed by atoms with Crippen LogP contribution in [-0.2, 0) is 65.4 Å². The molecule has 3 N–H and O–H groups in total. The molecule has 17 nitrogen and oxygen atoms in total. The van der Waals surface area contributed by atoms with Crippen LogP contribution >= 0.6 is 15.6 Å². The highest BCUT2D eigenvalue weighted by Gasteiger charge is 2.30. The summed E-state index contributed by atoms with van der Waals surface area (Å²) < 4.78 is 68.3. The number of phosphoric acid groups is 2. The maximum Gasteiger partial charge on any atom is 0.472 e. The molecule has 19 heteroatoms. The van der Waals surface area contributed by atoms with Gasteiger partial charge in [0.05, 0.1) is 26.4 Å². The molecular formula is C73H142O17P2. The zero-order valence-electron chi connectivity index (χ0n) is 60.0. The molecule has 0 spiro atoms. The Morgan fingerprint density at radius 1 is 0.315 bits per heavy atom. The number of ether oxygens (including phenoxy) is 4. The first-order valence-corrected chi connectivity index (χ1v) is 40.9. The van der Waals surface area contributed by atoms with E-state index in [0.717, 1.165) is 108 Å². The summed E-state index contributed by atoms with van der Waals surface area (Å²) in [6, 6.07) is 0. The van der Waals surface area contributed by atoms with Gasteiger partial charge in [-0.25, -0.2) is 9.13 Å². The summed E-state index contributed by atoms with van der Waals surface area (Å²) in [5, 5.41) is 10.6. The fourth-order valence-electron chi connectivity index (χ4n) is 11.0. The fourth-order valence-corrected chi connectivity index (χ4v) is 12.6. The number of rotatable bonds is 71. The Morgan fingerprint density at radius 2 is 0.554 bits per heavy atom. The van der Waals surface area contributed by atoms with E-state index in [2.05, 4.69) is 48.5 Å². The van der Waals surface area contributed by atoms with Gasteiger partial charge in [-0.3, -0.25) is 37.3 Å². The molecule has 92 heavy (non-hydrogen) atoms. The van der Waals surface area contributed by atoms with E-state index in [1.54, 1.807) is 0 Å². The van der Waals surface area contributed by atoms with Crippen LogP contribution in [0.3, 0.4) is 0 Å². The number of hydrogen-bond donors (Lipinski definition) is 3. The number of carbonyl (C=O) groups is 4. The van der Waals surface area contributed by atoms with E-state index in [-0.39, 0.29) is 25.7 Å². The van der Waals surface area contributed by atoms with Crippen molar-refractivity contribution < 1.29 is 80.2 Å². The van der Waals surface area contributed by atoms with E-state index in [9.17, 15) is 43.2 Å². The van der Waals surface area contributed by atoms with E-state index < -0.39 is 97.5 Å². The topological polar surface area (TPSA) is 237 Å². The molecular weight excluding hydrogens is 1210 g/mol. The van der Waals surface area contributed by atoms with Gasteiger partial charge < -0.3 is 33.8 Å². The number of aliphatic hydroxyl groups excluding tert-OH is 1. The maximum atomic E-state index is 13.0. The molecule has 0 fully saturated rings. The molecule has 0 saturated heterocycles. The van der Waals surface area contributed by atoms with Crippen molar-refractivity contribution in [2.45, 2.75) is 388 Å². The highest BCUT2D eigenvalue weighted by Crippen LogP contribution is 2.45. The lowest BCUT2D eigenvalue weighted by atomic mass is 9.99. The SMILES string of the molecule is CCCCCCCCCCCCC(=O)O[C@H](COC(=O)CCCCCCCCC(C)C)COP(=O)(O)OC[C@H](O)COP(=O)(O)OC[C@@H](COC(=O)CCCCCCCCCCC(C)C)OC(=O)CCCCCCCCCCCCCCCCCCCCC(C)CC. The predicted molar refractivity (Wildman–Crippen MR) is 372 cm³/mol. The van der Waals surface area contributed by atoms with Crippen molar-refractivity contribution in [1.82, 2.24) is 0 Å². The summed E-state index contributed by atoms with van der Waals surface area (Å²) in [4.78, 5) is 72.5. The molecule has 6 atom stereocenters. The molecule has 0 aliphatic carbocycles. The van der Waals surface area contributed by atoms with Gasteiger partial charge in [0.15, 0.2) is 12.2 Å². The number of unbranched alkanes of at least 4 members (excludes halogenated alkanes) is 38. The minimum absolute atomic E-state index is 0.105. The van der Waals surface area contributed by atoms with Gasteiger partial charge in [-0.1, -0.05) is 318 Å². The lowest BCUT2D eigenvalue weighted by Gasteiger charge is -2.21. The molecule has 3 unspecified atom stereocenters. The van der Waals surface area contributed by atoms with Gasteiger partial charge in [-0.2, -0.15) is 0 Å². The highest BCUT2D eigenvalue weighted by molar-refractivity contribution is 7.47. The lowest BCUT2D eigenvalue weighted by molar-refractivity contribution is -0.161. The molecule has 0 aliphatic heterocycles. The van der Waals surface area contributed by atoms with Crippen LogP contribution in [0.5, 0.6) is 0 Å². The Morgan fingerprint density at radius 3 is 0.826 bits per heavy atom. The molecule has 0 aromatic carbocycles. The summed E-state index contributed by atoms with van der Waals surface area (Å²) in [5.41, 5.74) is 0. The van der Waals surface area contributed by atoms with Crippen molar-refractivity contribution in [2.75, 3.05) is 39.6 Å². The molecule has 0 aromatic heterocycles. The highest BCUT2D eigenvalue weighted by atomic mass is 31.2. The van der Waals surface area contributed by atoms with Crippen LogP contribution in [-0.4, -0.2) is 96.7 Å². The van der Waals surface area contributed by atoms with Gasteiger partial charge in [0.25, 0.3) is 0 Å². The first kappa shape index (κ1) is 90.1. The monoisotopic (exact) mass is 1350 g/mol. The van der Waals surface area contributed by atoms with Crippen LogP contribution < -0.4 is 0 Å². The van der Waals surface area contributed by atoms with Gasteiger partial charge in [0, 0.05) is 25.7 Å². The normalized spacial score (nSPS) is 14.4. The molecule has 0 aliphatic rings. The first-order valence-electron chi connectivity index (χ1n) is 37.9. The quantitative estimate of drug-likeness (QED) is 0.0222. The van der Waals surface area contributed by atoms with Gasteiger partial charge in [-0.15, -0.1) is 0 Å². The van der Waals surface area contributed by atoms with E-state index in [1.165, 1.54) is 173 Å². The molecule has 0 rings (SSSR count). The fraction of sp³-hybridized carbons (Fsp3) is 0.945. The smallest absolute Gasteiger partial charge is 0.462 e. The van der Waals surface area contributed by atoms with Crippen molar-refractivity contribution in [3.05, 3.63) is 0 Å². The van der Waals surface area contributed by atoms with Gasteiger partial charge in [0.2, 0.25) is 0 Å². The Kier molecular flexibility index (Phi) is 62.4. The van der Waals surface area contributed by atoms with Crippen molar-refractivity contribution in [1.29, 1.82) is 0 Å². The molecule has 0 radical (unpaired) electrons. The van der Waals surface area contributed by atoms with Gasteiger partial charge in [-0.05, 0) is 43.4 Å². The van der Waals surface area contributed by atoms with E-state index in [1.807, 2.05) is 0 Å². The van der Waals surface area contributed by atoms with Crippen LogP contribution in [0.25, 0.3) is 0 Å². The number of phosphoric ester groups is 2. The summed E-state index contributed by atoms with van der Waals surface area (Å²) in [5.74, 6) is 0.151. The van der Waals surface area contributed by atoms with E-state index >= 15 is 0 Å². The van der Waals surface area contributed by atoms with Crippen LogP contribution in [0.1, 0.15) is 370 Å². The number of aliphatic hydroxyl groups is 1. The Bertz CT molecular complexity index is 1800. The minimum atomic E-state index is -4.95. The summed E-state index contributed by atoms with van der Waals surface area (Å²) in [6.07, 6.45) is 48.9. The minimum Gasteiger partial charge on any atom is -0.462 e. The largest absolute Gasteiger partial charge is 0.472 e. The van der Waals surface area contributed by atoms with Crippen LogP contribution in [0, 0.1) is 17.8 Å². The van der Waals surface area contributed by atoms with E-state index in [4.69, 9.17) is 37.0 Å². The average molecular weight is 1350 g/mol. The molecule has 546 valence electrons. The third-order valence-electron chi connectivity index (χ3n) is 17.2. The Labute approximate surface area is 562 Å². The zero-order chi connectivity index (χ0) is 68.0. The molecule has 0 aromatic rings. The second-order valence-corrected chi connectivity index (χ2v) is 30.4. The number of esters is 4. The van der Waals surface area contributed by atoms with Crippen molar-refractivity contribution >= 4 is 39.5 Å². The van der Waals surface area contributed by atoms with Crippen molar-refractivity contribution in [2.24, 2.45) is 17.8 Å². The Hall–Kier alpha value is -1.94. The standard InChI is InChI=1S/C73H142O17P2/c1-8-10-11-12-13-14-26-33-42-49-56-72(77)90-69(61-84-71(76)55-48-41-36-35-38-45-52-65(5)6)63-88-92(81,82)86-59-67(74)58-85-91(79,80)87-62-68(60-83-70(75)54-47-40-32-29-28-30-37-44-51-64(3)4)89-73(78)57-50-43-34-27-24-22-20-18-16-15-17-19-21-23-25-31-39-46-53-66(7)9-2/h64-69,74H,8-63H2,1-7H3,(H,79,80)(H,81,82)/t66?,67-,68-,69-/m1/s1. The lowest BCUT2D eigenvalue weighted by Crippen LogP contribution is -2.30. The third kappa shape index (κ3) is 65.4. The van der Waals surface area contributed by atoms with Crippen molar-refractivity contribution in [3.8, 4) is 0 Å². The molecule has 0 bridgehead atoms. The number of carbonyl (C=O) groups excluding carboxylic acids is 4. The second kappa shape index (κ2) is 63.8. The average Bonchev–Trinajstić information content (AvgIpc) is 1.93. The first-order chi connectivity index (χ1) is 44.3. The molecule has 0 amide bonds. The van der Waals surface area contributed by atoms with Gasteiger partial charge >= 0.3 is 39.5 Å². The van der Waals surface area contributed by atoms with Crippen LogP contribution in [0.2, 0.25) is 0 Å². The summed E-state index contributed by atoms with van der Waals surface area (Å²) >= 11 is 0. The maximum absolute atomic E-state index is 13.0. The predicted octanol–water partition coefficient (Wildman–Crippen LogP) is 21.0. The van der Waals surface area contributed by atoms with E-state index in [0.29, 0.717) is 31.6 Å². The molecule has 0 saturated carbocycles. The zero-order valence-corrected chi connectivity index (χ0v) is 61.8. The van der Waals surface area contributed by atoms with Crippen LogP contribution in [0.4, 0.5) is 0 Å². The Balaban J connectivity index is 5.14.